The molecule has 2 aromatic heterocycles. The number of carbonyl (C=O) groups excluding carboxylic acids is 2. The van der Waals surface area contributed by atoms with Gasteiger partial charge in [0.25, 0.3) is 5.91 Å². The van der Waals surface area contributed by atoms with Gasteiger partial charge >= 0.3 is 6.03 Å². The molecule has 3 N–H and O–H groups in total. The lowest BCUT2D eigenvalue weighted by molar-refractivity contribution is 0.102. The molecule has 1 aromatic carbocycles. The zero-order chi connectivity index (χ0) is 16.9. The first-order chi connectivity index (χ1) is 11.6. The van der Waals surface area contributed by atoms with Crippen molar-refractivity contribution in [2.45, 2.75) is 0 Å². The maximum atomic E-state index is 12.0. The number of halogens is 1. The predicted molar refractivity (Wildman–Crippen MR) is 96.3 cm³/mol. The van der Waals surface area contributed by atoms with Gasteiger partial charge in [-0.1, -0.05) is 17.7 Å². The molecule has 3 amide bonds. The average molecular weight is 380 g/mol. The first kappa shape index (κ1) is 16.4. The third-order valence-electron chi connectivity index (χ3n) is 2.69. The van der Waals surface area contributed by atoms with E-state index in [4.69, 9.17) is 11.6 Å². The summed E-state index contributed by atoms with van der Waals surface area (Å²) in [5.74, 6) is -0.385. The largest absolute Gasteiger partial charge is 0.325 e. The molecule has 0 aliphatic carbocycles. The van der Waals surface area contributed by atoms with Crippen molar-refractivity contribution in [2.75, 3.05) is 16.0 Å². The molecule has 0 saturated heterocycles. The van der Waals surface area contributed by atoms with E-state index < -0.39 is 6.03 Å². The molecule has 0 aliphatic rings. The third-order valence-corrected chi connectivity index (χ3v) is 4.37. The van der Waals surface area contributed by atoms with Gasteiger partial charge in [-0.25, -0.2) is 14.8 Å². The van der Waals surface area contributed by atoms with Crippen molar-refractivity contribution in [1.82, 2.24) is 9.97 Å². The molecular weight excluding hydrogens is 370 g/mol. The quantitative estimate of drug-likeness (QED) is 0.634. The Morgan fingerprint density at radius 1 is 1.08 bits per heavy atom. The van der Waals surface area contributed by atoms with Crippen LogP contribution in [0.2, 0.25) is 5.02 Å². The number of benzene rings is 1. The minimum absolute atomic E-state index is 0.202. The zero-order valence-corrected chi connectivity index (χ0v) is 14.3. The Hall–Kier alpha value is -2.49. The summed E-state index contributed by atoms with van der Waals surface area (Å²) < 4.78 is 0. The molecule has 0 saturated carbocycles. The number of carbonyl (C=O) groups is 2. The van der Waals surface area contributed by atoms with E-state index in [1.54, 1.807) is 41.2 Å². The fourth-order valence-electron chi connectivity index (χ4n) is 1.71. The maximum absolute atomic E-state index is 12.0. The highest BCUT2D eigenvalue weighted by molar-refractivity contribution is 7.14. The van der Waals surface area contributed by atoms with E-state index in [1.165, 1.54) is 11.3 Å². The van der Waals surface area contributed by atoms with Gasteiger partial charge in [0.15, 0.2) is 10.3 Å². The monoisotopic (exact) mass is 379 g/mol. The van der Waals surface area contributed by atoms with E-state index in [1.807, 2.05) is 0 Å². The number of nitrogens with one attached hydrogen (secondary N) is 3. The van der Waals surface area contributed by atoms with Crippen LogP contribution in [0.4, 0.5) is 20.7 Å². The molecule has 0 radical (unpaired) electrons. The Balaban J connectivity index is 1.59. The standard InChI is InChI=1S/C14H10ClN5O2S2/c15-8-2-1-3-9(6-8)17-12(22)20-14-18-10(7-24-14)11(21)19-13-16-4-5-23-13/h1-7H,(H,16,19,21)(H2,17,18,20,22). The normalized spacial score (nSPS) is 10.2. The van der Waals surface area contributed by atoms with Crippen LogP contribution >= 0.6 is 34.3 Å². The number of rotatable bonds is 4. The molecular formula is C14H10ClN5O2S2. The Bertz CT molecular complexity index is 866. The number of urea groups is 1. The van der Waals surface area contributed by atoms with Crippen molar-refractivity contribution >= 4 is 62.2 Å². The SMILES string of the molecule is O=C(Nc1cccc(Cl)c1)Nc1nc(C(=O)Nc2nccs2)cs1. The molecule has 7 nitrogen and oxygen atoms in total. The van der Waals surface area contributed by atoms with Crippen molar-refractivity contribution in [3.8, 4) is 0 Å². The summed E-state index contributed by atoms with van der Waals surface area (Å²) in [6.45, 7) is 0. The van der Waals surface area contributed by atoms with Crippen molar-refractivity contribution in [1.29, 1.82) is 0 Å². The lowest BCUT2D eigenvalue weighted by atomic mass is 10.3. The van der Waals surface area contributed by atoms with Crippen molar-refractivity contribution in [2.24, 2.45) is 0 Å². The van der Waals surface area contributed by atoms with Crippen LogP contribution in [0.1, 0.15) is 10.5 Å². The minimum Gasteiger partial charge on any atom is -0.308 e. The van der Waals surface area contributed by atoms with Crippen LogP contribution in [0.5, 0.6) is 0 Å². The molecule has 0 spiro atoms. The van der Waals surface area contributed by atoms with Gasteiger partial charge in [0.1, 0.15) is 5.69 Å². The van der Waals surface area contributed by atoms with Gasteiger partial charge in [0.05, 0.1) is 0 Å². The van der Waals surface area contributed by atoms with Crippen molar-refractivity contribution in [3.05, 3.63) is 51.9 Å². The van der Waals surface area contributed by atoms with Gasteiger partial charge < -0.3 is 5.32 Å². The number of aromatic nitrogens is 2. The van der Waals surface area contributed by atoms with Crippen molar-refractivity contribution < 1.29 is 9.59 Å². The number of hydrogen-bond donors (Lipinski definition) is 3. The summed E-state index contributed by atoms with van der Waals surface area (Å²) in [7, 11) is 0. The number of anilines is 3. The second-order valence-corrected chi connectivity index (χ2v) is 6.61. The summed E-state index contributed by atoms with van der Waals surface area (Å²) in [4.78, 5) is 32.0. The van der Waals surface area contributed by atoms with Gasteiger partial charge in [0, 0.05) is 27.7 Å². The molecule has 10 heteroatoms. The molecule has 0 unspecified atom stereocenters. The van der Waals surface area contributed by atoms with E-state index in [0.717, 1.165) is 11.3 Å². The summed E-state index contributed by atoms with van der Waals surface area (Å²) in [5, 5.41) is 12.4. The Morgan fingerprint density at radius 2 is 1.96 bits per heavy atom. The van der Waals surface area contributed by atoms with Gasteiger partial charge in [-0.15, -0.1) is 22.7 Å². The summed E-state index contributed by atoms with van der Waals surface area (Å²) in [6, 6.07) is 6.29. The lowest BCUT2D eigenvalue weighted by Crippen LogP contribution is -2.19. The van der Waals surface area contributed by atoms with Crippen LogP contribution in [0.15, 0.2) is 41.2 Å². The number of amides is 3. The van der Waals surface area contributed by atoms with Crippen LogP contribution in [0.3, 0.4) is 0 Å². The maximum Gasteiger partial charge on any atom is 0.325 e. The van der Waals surface area contributed by atoms with E-state index in [2.05, 4.69) is 25.9 Å². The van der Waals surface area contributed by atoms with Crippen LogP contribution < -0.4 is 16.0 Å². The number of nitrogens with zero attached hydrogens (tertiary/aromatic N) is 2. The molecule has 3 aromatic rings. The fourth-order valence-corrected chi connectivity index (χ4v) is 3.11. The minimum atomic E-state index is -0.474. The first-order valence-electron chi connectivity index (χ1n) is 6.60. The topological polar surface area (TPSA) is 96.0 Å². The van der Waals surface area contributed by atoms with Crippen LogP contribution in [0, 0.1) is 0 Å². The molecule has 24 heavy (non-hydrogen) atoms. The average Bonchev–Trinajstić information content (AvgIpc) is 3.19. The van der Waals surface area contributed by atoms with Gasteiger partial charge in [0.2, 0.25) is 0 Å². The second kappa shape index (κ2) is 7.39. The lowest BCUT2D eigenvalue weighted by Gasteiger charge is -2.05. The highest BCUT2D eigenvalue weighted by atomic mass is 35.5. The molecule has 0 bridgehead atoms. The van der Waals surface area contributed by atoms with Gasteiger partial charge in [-0.2, -0.15) is 0 Å². The zero-order valence-electron chi connectivity index (χ0n) is 11.9. The van der Waals surface area contributed by atoms with E-state index in [0.29, 0.717) is 21.0 Å². The van der Waals surface area contributed by atoms with E-state index in [9.17, 15) is 9.59 Å². The van der Waals surface area contributed by atoms with Gasteiger partial charge in [-0.3, -0.25) is 15.4 Å². The van der Waals surface area contributed by atoms with E-state index >= 15 is 0 Å². The summed E-state index contributed by atoms with van der Waals surface area (Å²) >= 11 is 8.31. The van der Waals surface area contributed by atoms with E-state index in [-0.39, 0.29) is 11.6 Å². The molecule has 0 fully saturated rings. The molecule has 0 aliphatic heterocycles. The predicted octanol–water partition coefficient (Wildman–Crippen LogP) is 4.15. The Labute approximate surface area is 149 Å². The number of hydrogen-bond acceptors (Lipinski definition) is 6. The molecule has 122 valence electrons. The van der Waals surface area contributed by atoms with Crippen LogP contribution in [-0.4, -0.2) is 21.9 Å². The molecule has 3 rings (SSSR count). The molecule has 0 atom stereocenters. The van der Waals surface area contributed by atoms with Gasteiger partial charge in [-0.05, 0) is 18.2 Å². The third kappa shape index (κ3) is 4.28. The second-order valence-electron chi connectivity index (χ2n) is 4.42. The van der Waals surface area contributed by atoms with Crippen LogP contribution in [-0.2, 0) is 0 Å². The fraction of sp³-hybridized carbons (Fsp3) is 0. The Morgan fingerprint density at radius 3 is 2.71 bits per heavy atom. The van der Waals surface area contributed by atoms with Crippen molar-refractivity contribution in [3.63, 3.8) is 0 Å². The smallest absolute Gasteiger partial charge is 0.308 e. The summed E-state index contributed by atoms with van der Waals surface area (Å²) in [6.07, 6.45) is 1.59. The highest BCUT2D eigenvalue weighted by Gasteiger charge is 2.13. The number of thiazole rings is 2. The Kier molecular flexibility index (Phi) is 5.04. The summed E-state index contributed by atoms with van der Waals surface area (Å²) in [5.41, 5.74) is 0.756. The molecule has 2 heterocycles. The van der Waals surface area contributed by atoms with Crippen LogP contribution in [0.25, 0.3) is 0 Å². The highest BCUT2D eigenvalue weighted by Crippen LogP contribution is 2.19. The first-order valence-corrected chi connectivity index (χ1v) is 8.74.